The molecule has 0 spiro atoms. The van der Waals surface area contributed by atoms with Gasteiger partial charge in [0, 0.05) is 11.8 Å². The van der Waals surface area contributed by atoms with E-state index in [1.165, 1.54) is 6.08 Å². The maximum atomic E-state index is 10.1. The fourth-order valence-corrected chi connectivity index (χ4v) is 2.51. The molecular weight excluding hydrogens is 170 g/mol. The molecule has 0 aromatic heterocycles. The van der Waals surface area contributed by atoms with Crippen molar-refractivity contribution >= 4 is 11.8 Å². The van der Waals surface area contributed by atoms with Crippen LogP contribution in [0.3, 0.4) is 0 Å². The zero-order valence-electron chi connectivity index (χ0n) is 7.25. The minimum Gasteiger partial charge on any atom is -0.381 e. The average Bonchev–Trinajstić information content (AvgIpc) is 2.49. The number of nitriles is 1. The molecule has 0 amide bonds. The van der Waals surface area contributed by atoms with Gasteiger partial charge in [-0.15, -0.1) is 0 Å². The number of thiol groups is 1. The first-order valence-corrected chi connectivity index (χ1v) is 5.49. The molecule has 0 bridgehead atoms. The highest BCUT2D eigenvalue weighted by atomic mass is 32.2. The lowest BCUT2D eigenvalue weighted by atomic mass is 10.0. The van der Waals surface area contributed by atoms with Crippen molar-refractivity contribution in [2.24, 2.45) is 0 Å². The van der Waals surface area contributed by atoms with Crippen molar-refractivity contribution in [1.29, 1.82) is 5.26 Å². The van der Waals surface area contributed by atoms with E-state index in [4.69, 9.17) is 5.26 Å². The van der Waals surface area contributed by atoms with E-state index in [-0.39, 0.29) is 0 Å². The monoisotopic (exact) mass is 184 g/mol. The molecule has 0 aromatic carbocycles. The van der Waals surface area contributed by atoms with Crippen molar-refractivity contribution in [2.75, 3.05) is 6.26 Å². The lowest BCUT2D eigenvalue weighted by molar-refractivity contribution is 0.0952. The number of rotatable bonds is 2. The van der Waals surface area contributed by atoms with Gasteiger partial charge < -0.3 is 5.11 Å². The Kier molecular flexibility index (Phi) is 3.19. The molecule has 0 radical (unpaired) electrons. The topological polar surface area (TPSA) is 44.0 Å². The zero-order chi connectivity index (χ0) is 9.03. The lowest BCUT2D eigenvalue weighted by Gasteiger charge is -2.18. The van der Waals surface area contributed by atoms with Crippen LogP contribution < -0.4 is 0 Å². The van der Waals surface area contributed by atoms with Gasteiger partial charge in [-0.1, -0.05) is 0 Å². The Labute approximate surface area is 77.3 Å². The Morgan fingerprint density at radius 1 is 1.58 bits per heavy atom. The van der Waals surface area contributed by atoms with Crippen LogP contribution in [0.15, 0.2) is 11.0 Å². The Balaban J connectivity index is 2.78. The van der Waals surface area contributed by atoms with Crippen molar-refractivity contribution < 1.29 is 5.11 Å². The molecule has 0 aliphatic heterocycles. The van der Waals surface area contributed by atoms with Gasteiger partial charge in [0.15, 0.2) is 4.91 Å². The summed E-state index contributed by atoms with van der Waals surface area (Å²) in [5.74, 6) is 0. The standard InChI is InChI=1S/C9H13NOS/c1-12-8(4-7-10)9(11)5-2-3-6-9/h4,11H,2-3,5-6H2,1H3/p+1/b8-4-. The highest BCUT2D eigenvalue weighted by molar-refractivity contribution is 7.82. The Bertz CT molecular complexity index is 223. The highest BCUT2D eigenvalue weighted by Gasteiger charge is 2.38. The van der Waals surface area contributed by atoms with Crippen LogP contribution >= 0.6 is 0 Å². The number of hydrogen-bond acceptors (Lipinski definition) is 2. The number of nitrogens with zero attached hydrogens (tertiary/aromatic N) is 1. The van der Waals surface area contributed by atoms with E-state index in [1.807, 2.05) is 12.3 Å². The molecule has 0 saturated heterocycles. The molecule has 0 atom stereocenters. The van der Waals surface area contributed by atoms with E-state index in [0.29, 0.717) is 0 Å². The minimum absolute atomic E-state index is 0.661. The fraction of sp³-hybridized carbons (Fsp3) is 0.667. The van der Waals surface area contributed by atoms with E-state index in [9.17, 15) is 5.11 Å². The van der Waals surface area contributed by atoms with Gasteiger partial charge in [-0.2, -0.15) is 5.26 Å². The highest BCUT2D eigenvalue weighted by Crippen LogP contribution is 2.35. The molecule has 66 valence electrons. The predicted octanol–water partition coefficient (Wildman–Crippen LogP) is 1.14. The van der Waals surface area contributed by atoms with Crippen molar-refractivity contribution in [3.8, 4) is 6.07 Å². The van der Waals surface area contributed by atoms with Gasteiger partial charge in [0.05, 0.1) is 12.1 Å². The summed E-state index contributed by atoms with van der Waals surface area (Å²) < 4.78 is 0. The third-order valence-electron chi connectivity index (χ3n) is 2.35. The Morgan fingerprint density at radius 3 is 2.58 bits per heavy atom. The van der Waals surface area contributed by atoms with Gasteiger partial charge >= 0.3 is 0 Å². The quantitative estimate of drug-likeness (QED) is 0.397. The van der Waals surface area contributed by atoms with Crippen LogP contribution in [0, 0.1) is 11.3 Å². The molecule has 0 heterocycles. The van der Waals surface area contributed by atoms with Crippen LogP contribution in [0.25, 0.3) is 0 Å². The van der Waals surface area contributed by atoms with Crippen molar-refractivity contribution in [1.82, 2.24) is 0 Å². The molecule has 0 aromatic rings. The molecule has 1 rings (SSSR count). The van der Waals surface area contributed by atoms with Gasteiger partial charge in [-0.05, 0) is 25.7 Å². The van der Waals surface area contributed by atoms with Crippen LogP contribution in [-0.2, 0) is 11.8 Å². The second-order valence-electron chi connectivity index (χ2n) is 3.12. The van der Waals surface area contributed by atoms with Gasteiger partial charge in [-0.25, -0.2) is 0 Å². The molecular formula is C9H14NOS+. The smallest absolute Gasteiger partial charge is 0.171 e. The second-order valence-corrected chi connectivity index (χ2v) is 4.05. The van der Waals surface area contributed by atoms with Crippen LogP contribution in [0.2, 0.25) is 0 Å². The van der Waals surface area contributed by atoms with Crippen LogP contribution in [0.5, 0.6) is 0 Å². The summed E-state index contributed by atoms with van der Waals surface area (Å²) >= 11 is 1.01. The molecule has 12 heavy (non-hydrogen) atoms. The molecule has 1 saturated carbocycles. The van der Waals surface area contributed by atoms with E-state index in [0.717, 1.165) is 42.4 Å². The molecule has 0 unspecified atom stereocenters. The average molecular weight is 184 g/mol. The van der Waals surface area contributed by atoms with E-state index in [2.05, 4.69) is 0 Å². The minimum atomic E-state index is -0.661. The molecule has 1 N–H and O–H groups in total. The fourth-order valence-electron chi connectivity index (χ4n) is 1.68. The normalized spacial score (nSPS) is 22.2. The maximum absolute atomic E-state index is 10.1. The van der Waals surface area contributed by atoms with Gasteiger partial charge in [-0.3, -0.25) is 0 Å². The number of aliphatic hydroxyl groups is 1. The SMILES string of the molecule is C[SH+]/C(=C\C#N)C1(O)CCCC1. The van der Waals surface area contributed by atoms with Crippen molar-refractivity contribution in [3.05, 3.63) is 11.0 Å². The summed E-state index contributed by atoms with van der Waals surface area (Å²) in [7, 11) is 0. The summed E-state index contributed by atoms with van der Waals surface area (Å²) in [5, 5.41) is 18.6. The third-order valence-corrected chi connectivity index (χ3v) is 3.38. The first kappa shape index (κ1) is 9.63. The van der Waals surface area contributed by atoms with Gasteiger partial charge in [0.1, 0.15) is 11.9 Å². The van der Waals surface area contributed by atoms with Crippen LogP contribution in [-0.4, -0.2) is 17.0 Å². The van der Waals surface area contributed by atoms with E-state index < -0.39 is 5.60 Å². The number of hydrogen-bond donors (Lipinski definition) is 1. The van der Waals surface area contributed by atoms with Crippen LogP contribution in [0.1, 0.15) is 25.7 Å². The van der Waals surface area contributed by atoms with Crippen molar-refractivity contribution in [3.63, 3.8) is 0 Å². The Hall–Kier alpha value is -0.460. The summed E-state index contributed by atoms with van der Waals surface area (Å²) in [6.45, 7) is 0. The predicted molar refractivity (Wildman–Crippen MR) is 51.8 cm³/mol. The zero-order valence-corrected chi connectivity index (χ0v) is 8.14. The third kappa shape index (κ3) is 1.82. The molecule has 1 aliphatic rings. The van der Waals surface area contributed by atoms with Gasteiger partial charge in [0.2, 0.25) is 0 Å². The summed E-state index contributed by atoms with van der Waals surface area (Å²) in [6, 6.07) is 1.99. The number of allylic oxidation sites excluding steroid dienone is 1. The van der Waals surface area contributed by atoms with Gasteiger partial charge in [0.25, 0.3) is 0 Å². The molecule has 1 aliphatic carbocycles. The van der Waals surface area contributed by atoms with E-state index in [1.54, 1.807) is 0 Å². The summed E-state index contributed by atoms with van der Waals surface area (Å²) in [6.07, 6.45) is 7.25. The molecule has 2 nitrogen and oxygen atoms in total. The van der Waals surface area contributed by atoms with Crippen molar-refractivity contribution in [2.45, 2.75) is 31.3 Å². The van der Waals surface area contributed by atoms with Crippen LogP contribution in [0.4, 0.5) is 0 Å². The molecule has 3 heteroatoms. The second kappa shape index (κ2) is 3.97. The molecule has 1 fully saturated rings. The summed E-state index contributed by atoms with van der Waals surface area (Å²) in [4.78, 5) is 0.877. The van der Waals surface area contributed by atoms with E-state index >= 15 is 0 Å². The first-order valence-electron chi connectivity index (χ1n) is 4.15. The summed E-state index contributed by atoms with van der Waals surface area (Å²) in [5.41, 5.74) is -0.661. The maximum Gasteiger partial charge on any atom is 0.171 e. The lowest BCUT2D eigenvalue weighted by Crippen LogP contribution is -2.27. The largest absolute Gasteiger partial charge is 0.381 e. The Morgan fingerprint density at radius 2 is 2.17 bits per heavy atom. The first-order chi connectivity index (χ1) is 5.73.